The number of ether oxygens (including phenoxy) is 1. The average Bonchev–Trinajstić information content (AvgIpc) is 2.88. The number of hydrogen-bond donors (Lipinski definition) is 1. The smallest absolute Gasteiger partial charge is 0.307 e. The molecule has 0 bridgehead atoms. The lowest BCUT2D eigenvalue weighted by Gasteiger charge is -2.30. The van der Waals surface area contributed by atoms with E-state index in [1.807, 2.05) is 6.92 Å². The van der Waals surface area contributed by atoms with Gasteiger partial charge in [0.05, 0.1) is 5.92 Å². The Morgan fingerprint density at radius 2 is 2.16 bits per heavy atom. The molecule has 0 saturated carbocycles. The lowest BCUT2D eigenvalue weighted by atomic mass is 9.94. The third kappa shape index (κ3) is 2.78. The fourth-order valence-electron chi connectivity index (χ4n) is 2.17. The molecular weight excluding hydrogens is 248 g/mol. The molecule has 1 aromatic heterocycles. The highest BCUT2D eigenvalue weighted by atomic mass is 16.5. The number of aliphatic carboxylic acids is 1. The Morgan fingerprint density at radius 1 is 1.42 bits per heavy atom. The molecule has 0 aliphatic carbocycles. The van der Waals surface area contributed by atoms with E-state index in [0.29, 0.717) is 18.3 Å². The average molecular weight is 268 g/mol. The van der Waals surface area contributed by atoms with Crippen LogP contribution in [-0.4, -0.2) is 27.8 Å². The van der Waals surface area contributed by atoms with E-state index in [1.54, 1.807) is 13.8 Å². The zero-order chi connectivity index (χ0) is 14.0. The van der Waals surface area contributed by atoms with Crippen LogP contribution < -0.4 is 0 Å². The normalized spacial score (nSPS) is 26.9. The summed E-state index contributed by atoms with van der Waals surface area (Å²) >= 11 is 0. The number of carboxylic acid groups (broad SMARTS) is 1. The summed E-state index contributed by atoms with van der Waals surface area (Å²) in [7, 11) is 0. The molecule has 106 valence electrons. The number of carbonyl (C=O) groups is 1. The van der Waals surface area contributed by atoms with Crippen molar-refractivity contribution >= 4 is 5.97 Å². The van der Waals surface area contributed by atoms with Crippen LogP contribution in [0.15, 0.2) is 4.52 Å². The summed E-state index contributed by atoms with van der Waals surface area (Å²) in [6.07, 6.45) is 2.98. The maximum absolute atomic E-state index is 11.0. The molecule has 1 aliphatic rings. The SMILES string of the molecule is CC(C(=O)O)C(C)c1nc(C2(C)CCCCO2)no1. The first kappa shape index (κ1) is 14.0. The molecule has 0 spiro atoms. The van der Waals surface area contributed by atoms with Gasteiger partial charge in [-0.2, -0.15) is 4.98 Å². The highest BCUT2D eigenvalue weighted by molar-refractivity contribution is 5.70. The molecule has 0 radical (unpaired) electrons. The fraction of sp³-hybridized carbons (Fsp3) is 0.769. The second kappa shape index (κ2) is 5.28. The molecule has 1 aliphatic heterocycles. The maximum Gasteiger partial charge on any atom is 0.307 e. The van der Waals surface area contributed by atoms with Gasteiger partial charge in [-0.25, -0.2) is 0 Å². The van der Waals surface area contributed by atoms with Crippen LogP contribution in [-0.2, 0) is 15.1 Å². The minimum absolute atomic E-state index is 0.314. The topological polar surface area (TPSA) is 85.5 Å². The Kier molecular flexibility index (Phi) is 3.89. The molecule has 1 aromatic rings. The van der Waals surface area contributed by atoms with E-state index in [-0.39, 0.29) is 5.92 Å². The molecule has 1 N–H and O–H groups in total. The number of aromatic nitrogens is 2. The van der Waals surface area contributed by atoms with Gasteiger partial charge in [0.1, 0.15) is 5.60 Å². The minimum Gasteiger partial charge on any atom is -0.481 e. The first-order valence-corrected chi connectivity index (χ1v) is 6.65. The summed E-state index contributed by atoms with van der Waals surface area (Å²) in [5.41, 5.74) is -0.508. The van der Waals surface area contributed by atoms with Gasteiger partial charge in [0.2, 0.25) is 11.7 Å². The van der Waals surface area contributed by atoms with Crippen LogP contribution in [0.25, 0.3) is 0 Å². The van der Waals surface area contributed by atoms with Crippen LogP contribution in [0.2, 0.25) is 0 Å². The molecule has 0 amide bonds. The first-order valence-electron chi connectivity index (χ1n) is 6.65. The third-order valence-corrected chi connectivity index (χ3v) is 3.91. The highest BCUT2D eigenvalue weighted by Gasteiger charge is 2.36. The van der Waals surface area contributed by atoms with Crippen molar-refractivity contribution in [3.8, 4) is 0 Å². The van der Waals surface area contributed by atoms with Crippen molar-refractivity contribution in [3.63, 3.8) is 0 Å². The third-order valence-electron chi connectivity index (χ3n) is 3.91. The standard InChI is InChI=1S/C13H20N2O4/c1-8(9(2)11(16)17)10-14-12(15-19-10)13(3)6-4-5-7-18-13/h8-9H,4-7H2,1-3H3,(H,16,17). The van der Waals surface area contributed by atoms with E-state index >= 15 is 0 Å². The van der Waals surface area contributed by atoms with Gasteiger partial charge in [-0.3, -0.25) is 4.79 Å². The van der Waals surface area contributed by atoms with E-state index in [0.717, 1.165) is 19.3 Å². The number of carboxylic acids is 1. The van der Waals surface area contributed by atoms with Crippen molar-refractivity contribution < 1.29 is 19.2 Å². The maximum atomic E-state index is 11.0. The molecule has 0 aromatic carbocycles. The van der Waals surface area contributed by atoms with Gasteiger partial charge < -0.3 is 14.4 Å². The Hall–Kier alpha value is -1.43. The molecule has 2 rings (SSSR count). The molecule has 2 heterocycles. The predicted octanol–water partition coefficient (Wildman–Crippen LogP) is 2.31. The van der Waals surface area contributed by atoms with Crippen molar-refractivity contribution in [1.82, 2.24) is 10.1 Å². The van der Waals surface area contributed by atoms with Crippen LogP contribution in [0.3, 0.4) is 0 Å². The van der Waals surface area contributed by atoms with Crippen LogP contribution in [0, 0.1) is 5.92 Å². The van der Waals surface area contributed by atoms with E-state index < -0.39 is 17.5 Å². The molecular formula is C13H20N2O4. The molecule has 1 saturated heterocycles. The summed E-state index contributed by atoms with van der Waals surface area (Å²) in [5, 5.41) is 13.0. The van der Waals surface area contributed by atoms with Gasteiger partial charge in [0, 0.05) is 12.5 Å². The van der Waals surface area contributed by atoms with E-state index in [4.69, 9.17) is 14.4 Å². The minimum atomic E-state index is -0.868. The summed E-state index contributed by atoms with van der Waals surface area (Å²) in [4.78, 5) is 15.3. The zero-order valence-electron chi connectivity index (χ0n) is 11.5. The van der Waals surface area contributed by atoms with E-state index in [2.05, 4.69) is 10.1 Å². The van der Waals surface area contributed by atoms with Gasteiger partial charge >= 0.3 is 5.97 Å². The predicted molar refractivity (Wildman–Crippen MR) is 66.7 cm³/mol. The van der Waals surface area contributed by atoms with Crippen molar-refractivity contribution in [2.24, 2.45) is 5.92 Å². The Bertz CT molecular complexity index is 451. The van der Waals surface area contributed by atoms with Gasteiger partial charge in [0.15, 0.2) is 0 Å². The molecule has 6 heteroatoms. The van der Waals surface area contributed by atoms with Crippen molar-refractivity contribution in [1.29, 1.82) is 0 Å². The second-order valence-corrected chi connectivity index (χ2v) is 5.41. The molecule has 3 unspecified atom stereocenters. The van der Waals surface area contributed by atoms with E-state index in [1.165, 1.54) is 0 Å². The first-order chi connectivity index (χ1) is 8.94. The lowest BCUT2D eigenvalue weighted by molar-refractivity contribution is -0.141. The number of rotatable bonds is 4. The van der Waals surface area contributed by atoms with Crippen molar-refractivity contribution in [3.05, 3.63) is 11.7 Å². The van der Waals surface area contributed by atoms with Gasteiger partial charge in [-0.15, -0.1) is 0 Å². The summed E-state index contributed by atoms with van der Waals surface area (Å²) < 4.78 is 11.0. The van der Waals surface area contributed by atoms with Crippen LogP contribution in [0.4, 0.5) is 0 Å². The second-order valence-electron chi connectivity index (χ2n) is 5.41. The Morgan fingerprint density at radius 3 is 2.74 bits per heavy atom. The van der Waals surface area contributed by atoms with Crippen molar-refractivity contribution in [2.45, 2.75) is 51.6 Å². The van der Waals surface area contributed by atoms with Gasteiger partial charge in [0.25, 0.3) is 0 Å². The summed E-state index contributed by atoms with van der Waals surface area (Å²) in [6, 6.07) is 0. The molecule has 1 fully saturated rings. The van der Waals surface area contributed by atoms with E-state index in [9.17, 15) is 4.79 Å². The summed E-state index contributed by atoms with van der Waals surface area (Å²) in [6.45, 7) is 6.06. The largest absolute Gasteiger partial charge is 0.481 e. The van der Waals surface area contributed by atoms with Crippen LogP contribution >= 0.6 is 0 Å². The van der Waals surface area contributed by atoms with Gasteiger partial charge in [-0.1, -0.05) is 19.0 Å². The van der Waals surface area contributed by atoms with Crippen molar-refractivity contribution in [2.75, 3.05) is 6.61 Å². The van der Waals surface area contributed by atoms with Crippen LogP contribution in [0.1, 0.15) is 57.7 Å². The number of hydrogen-bond acceptors (Lipinski definition) is 5. The molecule has 3 atom stereocenters. The quantitative estimate of drug-likeness (QED) is 0.901. The molecule has 6 nitrogen and oxygen atoms in total. The Labute approximate surface area is 112 Å². The van der Waals surface area contributed by atoms with Crippen LogP contribution in [0.5, 0.6) is 0 Å². The highest BCUT2D eigenvalue weighted by Crippen LogP contribution is 2.34. The molecule has 19 heavy (non-hydrogen) atoms. The van der Waals surface area contributed by atoms with Gasteiger partial charge in [-0.05, 0) is 26.2 Å². The fourth-order valence-corrected chi connectivity index (χ4v) is 2.17. The lowest BCUT2D eigenvalue weighted by Crippen LogP contribution is -2.31. The number of nitrogens with zero attached hydrogens (tertiary/aromatic N) is 2. The zero-order valence-corrected chi connectivity index (χ0v) is 11.5. The monoisotopic (exact) mass is 268 g/mol. The Balaban J connectivity index is 2.16. The summed E-state index contributed by atoms with van der Waals surface area (Å²) in [5.74, 6) is -0.862.